The molecule has 27 aromatic rings. The first-order valence-corrected chi connectivity index (χ1v) is 49.0. The highest BCUT2D eigenvalue weighted by Gasteiger charge is 2.27. The number of anilines is 9. The molecule has 24 aromatic carbocycles. The smallest absolute Gasteiger partial charge is 0.159 e. The van der Waals surface area contributed by atoms with Crippen molar-refractivity contribution in [1.29, 1.82) is 0 Å². The zero-order valence-electron chi connectivity index (χ0n) is 78.8. The monoisotopic (exact) mass is 1840 g/mol. The number of para-hydroxylation sites is 3. The predicted octanol–water partition coefficient (Wildman–Crippen LogP) is 39.6. The number of nitrogens with zero attached hydrogens (tertiary/aromatic N) is 3. The van der Waals surface area contributed by atoms with E-state index in [1.807, 2.05) is 0 Å². The second-order valence-corrected chi connectivity index (χ2v) is 36.5. The third kappa shape index (κ3) is 16.9. The van der Waals surface area contributed by atoms with E-state index in [1.54, 1.807) is 0 Å². The van der Waals surface area contributed by atoms with E-state index in [1.165, 1.54) is 127 Å². The quantitative estimate of drug-likeness (QED) is 0.0853. The van der Waals surface area contributed by atoms with Gasteiger partial charge >= 0.3 is 0 Å². The molecule has 0 aliphatic heterocycles. The van der Waals surface area contributed by atoms with Gasteiger partial charge in [-0.05, 0) is 254 Å². The Labute approximate surface area is 835 Å². The molecule has 6 nitrogen and oxygen atoms in total. The maximum atomic E-state index is 6.74. The third-order valence-corrected chi connectivity index (χ3v) is 27.8. The normalized spacial score (nSPS) is 11.3. The van der Waals surface area contributed by atoms with E-state index in [-0.39, 0.29) is 0 Å². The van der Waals surface area contributed by atoms with Gasteiger partial charge in [-0.3, -0.25) is 0 Å². The summed E-state index contributed by atoms with van der Waals surface area (Å²) in [5.41, 5.74) is 36.1. The first-order chi connectivity index (χ1) is 71.4. The molecule has 6 heteroatoms. The van der Waals surface area contributed by atoms with Gasteiger partial charge in [0.25, 0.3) is 0 Å². The van der Waals surface area contributed by atoms with Crippen LogP contribution in [0.15, 0.2) is 577 Å². The van der Waals surface area contributed by atoms with Crippen LogP contribution in [-0.2, 0) is 0 Å². The summed E-state index contributed by atoms with van der Waals surface area (Å²) in [6, 6.07) is 200. The van der Waals surface area contributed by atoms with E-state index in [0.717, 1.165) is 123 Å². The van der Waals surface area contributed by atoms with Crippen molar-refractivity contribution < 1.29 is 13.3 Å². The van der Waals surface area contributed by atoms with Gasteiger partial charge in [0.05, 0.1) is 17.1 Å². The summed E-state index contributed by atoms with van der Waals surface area (Å²) in [5.74, 6) is 0. The molecule has 0 atom stereocenters. The maximum absolute atomic E-state index is 6.74. The lowest BCUT2D eigenvalue weighted by molar-refractivity contribution is 0.669. The van der Waals surface area contributed by atoms with Crippen LogP contribution in [0.4, 0.5) is 51.2 Å². The third-order valence-electron chi connectivity index (χ3n) is 27.8. The Kier molecular flexibility index (Phi) is 23.0. The van der Waals surface area contributed by atoms with Crippen LogP contribution in [0.25, 0.3) is 198 Å². The van der Waals surface area contributed by atoms with Gasteiger partial charge in [-0.15, -0.1) is 0 Å². The molecule has 0 fully saturated rings. The molecule has 0 saturated carbocycles. The molecule has 3 heterocycles. The summed E-state index contributed by atoms with van der Waals surface area (Å²) in [6.07, 6.45) is 0. The molecule has 0 aliphatic carbocycles. The second kappa shape index (κ2) is 38.3. The summed E-state index contributed by atoms with van der Waals surface area (Å²) >= 11 is 0. The Morgan fingerprint density at radius 3 is 0.576 bits per heavy atom. The molecular formula is C138H93N3O3. The van der Waals surface area contributed by atoms with Crippen molar-refractivity contribution in [3.8, 4) is 100 Å². The minimum atomic E-state index is 0.869. The van der Waals surface area contributed by atoms with E-state index < -0.39 is 0 Å². The van der Waals surface area contributed by atoms with Crippen molar-refractivity contribution in [3.63, 3.8) is 0 Å². The van der Waals surface area contributed by atoms with Crippen LogP contribution in [0, 0.1) is 0 Å². The van der Waals surface area contributed by atoms with E-state index in [4.69, 9.17) is 13.3 Å². The summed E-state index contributed by atoms with van der Waals surface area (Å²) in [4.78, 5) is 6.94. The van der Waals surface area contributed by atoms with Gasteiger partial charge in [-0.2, -0.15) is 0 Å². The molecule has 0 unspecified atom stereocenters. The Balaban J connectivity index is 0.000000113. The van der Waals surface area contributed by atoms with Crippen LogP contribution in [0.1, 0.15) is 0 Å². The van der Waals surface area contributed by atoms with E-state index >= 15 is 0 Å². The van der Waals surface area contributed by atoms with Crippen molar-refractivity contribution in [2.24, 2.45) is 0 Å². The Hall–Kier alpha value is -19.1. The molecule has 27 rings (SSSR count). The molecule has 0 amide bonds. The first kappa shape index (κ1) is 86.4. The highest BCUT2D eigenvalue weighted by molar-refractivity contribution is 6.24. The topological polar surface area (TPSA) is 49.1 Å². The van der Waals surface area contributed by atoms with Crippen molar-refractivity contribution >= 4 is 149 Å². The Morgan fingerprint density at radius 2 is 0.306 bits per heavy atom. The lowest BCUT2D eigenvalue weighted by atomic mass is 9.98. The van der Waals surface area contributed by atoms with Gasteiger partial charge in [0, 0.05) is 66.4 Å². The molecule has 3 aromatic heterocycles. The lowest BCUT2D eigenvalue weighted by Gasteiger charge is -2.26. The zero-order valence-corrected chi connectivity index (χ0v) is 78.8. The van der Waals surface area contributed by atoms with Crippen LogP contribution in [-0.4, -0.2) is 0 Å². The highest BCUT2D eigenvalue weighted by Crippen LogP contribution is 2.50. The molecule has 0 saturated heterocycles. The number of rotatable bonds is 18. The van der Waals surface area contributed by atoms with E-state index in [9.17, 15) is 0 Å². The van der Waals surface area contributed by atoms with Crippen LogP contribution in [0.5, 0.6) is 0 Å². The SMILES string of the molecule is c1ccc(-c2ccc(-c3ccc(N(c4ccc(-c5ccccc5)cc4)c4cccc5c4oc4ccc6ccccc6c45)cc3)cc2)cc1.c1ccc(-c2ccc(N(c3ccc(-c4cccc(-c5ccccc5)c4)cc3)c3cccc4c3oc3ccc5ccccc5c34)cc2)cc1.c1ccc(-c2cccc(-c3ccc(N(c4cccc(-c5ccccc5)c4)c4cccc5c4oc4ccc6ccccc6c45)cc3)c2)cc1. The summed E-state index contributed by atoms with van der Waals surface area (Å²) < 4.78 is 20.2. The average Bonchev–Trinajstić information content (AvgIpc) is 1.59. The number of hydrogen-bond donors (Lipinski definition) is 0. The predicted molar refractivity (Wildman–Crippen MR) is 607 cm³/mol. The molecule has 0 N–H and O–H groups in total. The standard InChI is InChI=1S/3C46H31NO/c1-3-12-32(13-4-1)36-17-9-18-37(30-36)34-24-27-39(28-25-34)47(40-20-10-19-38(31-40)33-14-5-2-6-15-33)43-23-11-22-42-45-41-21-8-7-16-35(41)26-29-44(45)48-46(42)43;1-3-11-32(12-4-1)34-21-26-39(27-22-34)47(40-28-23-35(24-29-40)38-17-9-16-37(31-38)33-13-5-2-6-14-33)43-20-10-19-42-45-41-18-8-7-15-36(41)25-30-44(45)48-46(42)43;1-3-10-32(11-4-1)34-18-20-35(21-19-34)37-24-29-40(30-25-37)47(39-27-22-36(23-28-39)33-12-5-2-6-13-33)43-17-9-16-42-45-41-15-8-7-14-38(41)26-31-44(45)48-46(42)43/h3*1-31H. The van der Waals surface area contributed by atoms with Crippen LogP contribution >= 0.6 is 0 Å². The first-order valence-electron chi connectivity index (χ1n) is 49.0. The van der Waals surface area contributed by atoms with Gasteiger partial charge < -0.3 is 28.0 Å². The number of furan rings is 3. The summed E-state index contributed by atoms with van der Waals surface area (Å²) in [6.45, 7) is 0. The minimum absolute atomic E-state index is 0.869. The van der Waals surface area contributed by atoms with Crippen molar-refractivity contribution in [1.82, 2.24) is 0 Å². The zero-order chi connectivity index (χ0) is 95.6. The van der Waals surface area contributed by atoms with E-state index in [2.05, 4.69) is 579 Å². The minimum Gasteiger partial charge on any atom is -0.454 e. The van der Waals surface area contributed by atoms with Gasteiger partial charge in [0.15, 0.2) is 16.7 Å². The molecule has 144 heavy (non-hydrogen) atoms. The van der Waals surface area contributed by atoms with Gasteiger partial charge in [-0.25, -0.2) is 0 Å². The van der Waals surface area contributed by atoms with Crippen molar-refractivity contribution in [3.05, 3.63) is 564 Å². The Bertz CT molecular complexity index is 9320. The van der Waals surface area contributed by atoms with Gasteiger partial charge in [0.2, 0.25) is 0 Å². The maximum Gasteiger partial charge on any atom is 0.159 e. The van der Waals surface area contributed by atoms with Gasteiger partial charge in [0.1, 0.15) is 16.7 Å². The molecule has 0 aliphatic rings. The Morgan fingerprint density at radius 1 is 0.118 bits per heavy atom. The number of hydrogen-bond acceptors (Lipinski definition) is 6. The largest absolute Gasteiger partial charge is 0.454 e. The summed E-state index contributed by atoms with van der Waals surface area (Å²) in [7, 11) is 0. The van der Waals surface area contributed by atoms with Crippen LogP contribution < -0.4 is 14.7 Å². The van der Waals surface area contributed by atoms with Crippen molar-refractivity contribution in [2.45, 2.75) is 0 Å². The van der Waals surface area contributed by atoms with Gasteiger partial charge in [-0.1, -0.05) is 443 Å². The molecule has 0 spiro atoms. The number of benzene rings is 24. The van der Waals surface area contributed by atoms with Crippen molar-refractivity contribution in [2.75, 3.05) is 14.7 Å². The fourth-order valence-corrected chi connectivity index (χ4v) is 20.7. The lowest BCUT2D eigenvalue weighted by Crippen LogP contribution is -2.10. The van der Waals surface area contributed by atoms with Crippen LogP contribution in [0.3, 0.4) is 0 Å². The molecule has 678 valence electrons. The fourth-order valence-electron chi connectivity index (χ4n) is 20.7. The highest BCUT2D eigenvalue weighted by atomic mass is 16.3. The second-order valence-electron chi connectivity index (χ2n) is 36.5. The molecule has 0 radical (unpaired) electrons. The van der Waals surface area contributed by atoms with E-state index in [0.29, 0.717) is 0 Å². The molecular weight excluding hydrogens is 1750 g/mol. The molecule has 0 bridgehead atoms. The fraction of sp³-hybridized carbons (Fsp3) is 0. The number of fused-ring (bicyclic) bond motifs is 15. The average molecular weight is 1840 g/mol. The summed E-state index contributed by atoms with van der Waals surface area (Å²) in [5, 5.41) is 14.0. The van der Waals surface area contributed by atoms with Crippen LogP contribution in [0.2, 0.25) is 0 Å².